The molecule has 1 atom stereocenters. The zero-order valence-electron chi connectivity index (χ0n) is 16.2. The van der Waals surface area contributed by atoms with Crippen molar-refractivity contribution in [1.82, 2.24) is 34.5 Å². The van der Waals surface area contributed by atoms with Crippen LogP contribution in [0.3, 0.4) is 0 Å². The van der Waals surface area contributed by atoms with Crippen LogP contribution in [0.1, 0.15) is 31.0 Å². The molecular weight excluding hydrogens is 389 g/mol. The average molecular weight is 407 g/mol. The highest BCUT2D eigenvalue weighted by atomic mass is 19.1. The molecule has 11 heteroatoms. The Balaban J connectivity index is 1.61. The number of anilines is 2. The number of hydrogen-bond acceptors (Lipinski definition) is 7. The summed E-state index contributed by atoms with van der Waals surface area (Å²) < 4.78 is 15.3. The van der Waals surface area contributed by atoms with Crippen molar-refractivity contribution in [3.63, 3.8) is 0 Å². The Kier molecular flexibility index (Phi) is 4.16. The molecule has 5 heterocycles. The van der Waals surface area contributed by atoms with Crippen LogP contribution in [0.2, 0.25) is 0 Å². The molecule has 152 valence electrons. The molecule has 30 heavy (non-hydrogen) atoms. The predicted octanol–water partition coefficient (Wildman–Crippen LogP) is 2.15. The minimum Gasteiger partial charge on any atom is -0.347 e. The van der Waals surface area contributed by atoms with Crippen molar-refractivity contribution < 1.29 is 9.18 Å². The molecule has 0 radical (unpaired) electrons. The number of carbonyl (C=O) groups excluding carboxylic acids is 1. The molecule has 0 aliphatic carbocycles. The number of nitrogens with zero attached hydrogens (tertiary/aromatic N) is 6. The number of H-pyrrole nitrogens is 1. The summed E-state index contributed by atoms with van der Waals surface area (Å²) in [7, 11) is 0. The van der Waals surface area contributed by atoms with E-state index in [0.29, 0.717) is 29.4 Å². The Morgan fingerprint density at radius 3 is 2.93 bits per heavy atom. The standard InChI is InChI=1S/C19H18FN9O/c1-9(2)12-7-24-29-17(12)26-15(10-3-11(20)6-21-5-10)28-19(29)25-14-4-13-16(23-8-22-13)27-18(14)30/h3,5-9,14H,4H2,1-2H3,(H,22,23)(H,27,30)(H,25,26,28). The predicted molar refractivity (Wildman–Crippen MR) is 106 cm³/mol. The monoisotopic (exact) mass is 407 g/mol. The van der Waals surface area contributed by atoms with E-state index in [2.05, 4.69) is 40.7 Å². The number of imidazole rings is 1. The van der Waals surface area contributed by atoms with E-state index in [0.717, 1.165) is 17.5 Å². The molecule has 3 N–H and O–H groups in total. The van der Waals surface area contributed by atoms with E-state index in [-0.39, 0.29) is 17.6 Å². The van der Waals surface area contributed by atoms with Crippen LogP contribution in [-0.4, -0.2) is 46.5 Å². The highest BCUT2D eigenvalue weighted by Crippen LogP contribution is 2.26. The maximum absolute atomic E-state index is 13.7. The summed E-state index contributed by atoms with van der Waals surface area (Å²) in [5.74, 6) is 0.591. The largest absolute Gasteiger partial charge is 0.347 e. The van der Waals surface area contributed by atoms with Gasteiger partial charge in [0.2, 0.25) is 11.9 Å². The van der Waals surface area contributed by atoms with Gasteiger partial charge in [-0.05, 0) is 12.0 Å². The second-order valence-electron chi connectivity index (χ2n) is 7.37. The van der Waals surface area contributed by atoms with E-state index in [1.807, 2.05) is 13.8 Å². The Morgan fingerprint density at radius 1 is 1.27 bits per heavy atom. The molecule has 4 aromatic heterocycles. The third kappa shape index (κ3) is 3.04. The third-order valence-corrected chi connectivity index (χ3v) is 4.97. The Hall–Kier alpha value is -3.89. The number of halogens is 1. The highest BCUT2D eigenvalue weighted by Gasteiger charge is 2.29. The molecule has 0 saturated carbocycles. The molecule has 10 nitrogen and oxygen atoms in total. The summed E-state index contributed by atoms with van der Waals surface area (Å²) in [5, 5.41) is 10.3. The van der Waals surface area contributed by atoms with E-state index in [9.17, 15) is 9.18 Å². The van der Waals surface area contributed by atoms with Crippen LogP contribution in [0.25, 0.3) is 17.0 Å². The summed E-state index contributed by atoms with van der Waals surface area (Å²) in [6.07, 6.45) is 6.28. The van der Waals surface area contributed by atoms with Crippen LogP contribution in [0.4, 0.5) is 16.2 Å². The SMILES string of the molecule is CC(C)c1cnn2c(NC3Cc4[nH]cnc4NC3=O)nc(-c3cncc(F)c3)nc12. The normalized spacial score (nSPS) is 16.0. The van der Waals surface area contributed by atoms with Crippen molar-refractivity contribution in [2.75, 3.05) is 10.6 Å². The molecule has 0 fully saturated rings. The molecule has 5 rings (SSSR count). The molecule has 1 amide bonds. The van der Waals surface area contributed by atoms with E-state index in [1.54, 1.807) is 10.7 Å². The molecule has 1 aliphatic rings. The van der Waals surface area contributed by atoms with Crippen molar-refractivity contribution in [1.29, 1.82) is 0 Å². The zero-order chi connectivity index (χ0) is 20.8. The first-order valence-corrected chi connectivity index (χ1v) is 9.46. The summed E-state index contributed by atoms with van der Waals surface area (Å²) >= 11 is 0. The van der Waals surface area contributed by atoms with Gasteiger partial charge in [0.05, 0.1) is 24.4 Å². The van der Waals surface area contributed by atoms with Gasteiger partial charge in [0.25, 0.3) is 0 Å². The maximum atomic E-state index is 13.7. The lowest BCUT2D eigenvalue weighted by Crippen LogP contribution is -2.41. The van der Waals surface area contributed by atoms with Gasteiger partial charge < -0.3 is 15.6 Å². The Bertz CT molecular complexity index is 1260. The number of pyridine rings is 1. The fraction of sp³-hybridized carbons (Fsp3) is 0.263. The van der Waals surface area contributed by atoms with Crippen LogP contribution in [0.5, 0.6) is 0 Å². The first kappa shape index (κ1) is 18.2. The minimum absolute atomic E-state index is 0.161. The Labute approximate surface area is 170 Å². The van der Waals surface area contributed by atoms with E-state index in [4.69, 9.17) is 0 Å². The van der Waals surface area contributed by atoms with Gasteiger partial charge in [-0.15, -0.1) is 0 Å². The van der Waals surface area contributed by atoms with E-state index in [1.165, 1.54) is 18.6 Å². The van der Waals surface area contributed by atoms with Gasteiger partial charge in [-0.2, -0.15) is 14.6 Å². The smallest absolute Gasteiger partial charge is 0.248 e. The highest BCUT2D eigenvalue weighted by molar-refractivity contribution is 5.98. The van der Waals surface area contributed by atoms with Crippen LogP contribution >= 0.6 is 0 Å². The first-order chi connectivity index (χ1) is 14.5. The average Bonchev–Trinajstić information content (AvgIpc) is 3.34. The van der Waals surface area contributed by atoms with Crippen LogP contribution in [0.15, 0.2) is 31.0 Å². The van der Waals surface area contributed by atoms with Gasteiger partial charge in [0, 0.05) is 23.7 Å². The third-order valence-electron chi connectivity index (χ3n) is 4.97. The van der Waals surface area contributed by atoms with Gasteiger partial charge in [0.15, 0.2) is 17.3 Å². The second-order valence-corrected chi connectivity index (χ2v) is 7.37. The Morgan fingerprint density at radius 2 is 2.13 bits per heavy atom. The lowest BCUT2D eigenvalue weighted by atomic mass is 10.1. The number of fused-ring (bicyclic) bond motifs is 2. The number of rotatable bonds is 4. The van der Waals surface area contributed by atoms with Crippen LogP contribution in [-0.2, 0) is 11.2 Å². The molecule has 0 aromatic carbocycles. The van der Waals surface area contributed by atoms with Gasteiger partial charge in [0.1, 0.15) is 11.9 Å². The number of aromatic nitrogens is 7. The number of aromatic amines is 1. The van der Waals surface area contributed by atoms with Crippen molar-refractivity contribution in [3.8, 4) is 11.4 Å². The van der Waals surface area contributed by atoms with Gasteiger partial charge >= 0.3 is 0 Å². The fourth-order valence-electron chi connectivity index (χ4n) is 3.42. The molecule has 1 aliphatic heterocycles. The first-order valence-electron chi connectivity index (χ1n) is 9.46. The number of hydrogen-bond donors (Lipinski definition) is 3. The summed E-state index contributed by atoms with van der Waals surface area (Å²) in [6.45, 7) is 4.06. The molecular formula is C19H18FN9O. The molecule has 0 spiro atoms. The van der Waals surface area contributed by atoms with Crippen molar-refractivity contribution in [2.45, 2.75) is 32.2 Å². The zero-order valence-corrected chi connectivity index (χ0v) is 16.2. The van der Waals surface area contributed by atoms with E-state index >= 15 is 0 Å². The van der Waals surface area contributed by atoms with Gasteiger partial charge in [-0.3, -0.25) is 9.78 Å². The van der Waals surface area contributed by atoms with Crippen LogP contribution < -0.4 is 10.6 Å². The quantitative estimate of drug-likeness (QED) is 0.473. The van der Waals surface area contributed by atoms with Crippen molar-refractivity contribution in [2.24, 2.45) is 0 Å². The number of amides is 1. The van der Waals surface area contributed by atoms with Gasteiger partial charge in [-0.1, -0.05) is 13.8 Å². The molecule has 0 bridgehead atoms. The van der Waals surface area contributed by atoms with Crippen molar-refractivity contribution in [3.05, 3.63) is 48.1 Å². The maximum Gasteiger partial charge on any atom is 0.248 e. The van der Waals surface area contributed by atoms with Crippen molar-refractivity contribution >= 4 is 23.3 Å². The summed E-state index contributed by atoms with van der Waals surface area (Å²) in [4.78, 5) is 32.7. The number of nitrogens with one attached hydrogen (secondary N) is 3. The van der Waals surface area contributed by atoms with Crippen LogP contribution in [0, 0.1) is 5.82 Å². The summed E-state index contributed by atoms with van der Waals surface area (Å²) in [5.41, 5.74) is 2.74. The lowest BCUT2D eigenvalue weighted by molar-refractivity contribution is -0.117. The fourth-order valence-corrected chi connectivity index (χ4v) is 3.42. The minimum atomic E-state index is -0.596. The molecule has 4 aromatic rings. The molecule has 1 unspecified atom stereocenters. The topological polar surface area (TPSA) is 126 Å². The summed E-state index contributed by atoms with van der Waals surface area (Å²) in [6, 6.07) is 0.722. The van der Waals surface area contributed by atoms with E-state index < -0.39 is 11.9 Å². The second kappa shape index (κ2) is 6.87. The number of carbonyl (C=O) groups is 1. The van der Waals surface area contributed by atoms with Gasteiger partial charge in [-0.25, -0.2) is 14.4 Å². The molecule has 0 saturated heterocycles. The lowest BCUT2D eigenvalue weighted by Gasteiger charge is -2.23.